The summed E-state index contributed by atoms with van der Waals surface area (Å²) >= 11 is 6.92. The average molecular weight is 703 g/mol. The highest BCUT2D eigenvalue weighted by molar-refractivity contribution is 6.70. The maximum atomic E-state index is 6.92. The first-order chi connectivity index (χ1) is 25.9. The van der Waals surface area contributed by atoms with Crippen molar-refractivity contribution in [3.8, 4) is 51.0 Å². The molecule has 4 nitrogen and oxygen atoms in total. The van der Waals surface area contributed by atoms with Crippen molar-refractivity contribution in [2.45, 2.75) is 0 Å². The normalized spacial score (nSPS) is 11.4. The lowest BCUT2D eigenvalue weighted by molar-refractivity contribution is 1.07. The molecule has 0 unspecified atom stereocenters. The Labute approximate surface area is 331 Å². The Kier molecular flexibility index (Phi) is 9.17. The molecule has 2 heterocycles. The molecule has 0 bridgehead atoms. The molecular formula is C39H35B10ClN4. The number of aromatic nitrogens is 4. The lowest BCUT2D eigenvalue weighted by Crippen LogP contribution is -2.55. The van der Waals surface area contributed by atoms with Gasteiger partial charge in [-0.3, -0.25) is 0 Å². The highest BCUT2D eigenvalue weighted by atomic mass is 35.5. The Hall–Kier alpha value is -4.93. The summed E-state index contributed by atoms with van der Waals surface area (Å²) in [5.74, 6) is 1.93. The number of hydrogen-bond donors (Lipinski definition) is 0. The van der Waals surface area contributed by atoms with E-state index in [9.17, 15) is 0 Å². The third-order valence-corrected chi connectivity index (χ3v) is 12.5. The quantitative estimate of drug-likeness (QED) is 0.168. The largest absolute Gasteiger partial charge is 0.308 e. The Morgan fingerprint density at radius 2 is 0.907 bits per heavy atom. The summed E-state index contributed by atoms with van der Waals surface area (Å²) in [6.45, 7) is 0. The number of rotatable bonds is 5. The molecule has 2 aromatic heterocycles. The second kappa shape index (κ2) is 13.7. The van der Waals surface area contributed by atoms with Crippen LogP contribution in [0, 0.1) is 0 Å². The van der Waals surface area contributed by atoms with E-state index in [1.807, 2.05) is 12.1 Å². The molecule has 0 radical (unpaired) electrons. The predicted octanol–water partition coefficient (Wildman–Crippen LogP) is -7.13. The molecule has 0 aliphatic carbocycles. The second-order valence-corrected chi connectivity index (χ2v) is 15.3. The summed E-state index contributed by atoms with van der Waals surface area (Å²) in [5, 5.41) is 3.00. The van der Waals surface area contributed by atoms with Gasteiger partial charge in [-0.15, -0.1) is 32.8 Å². The maximum absolute atomic E-state index is 6.92. The molecule has 0 spiro atoms. The molecule has 0 amide bonds. The minimum absolute atomic E-state index is 0.585. The first-order valence-electron chi connectivity index (χ1n) is 18.7. The van der Waals surface area contributed by atoms with Gasteiger partial charge in [0, 0.05) is 32.5 Å². The Balaban J connectivity index is 1.49. The molecule has 0 saturated carbocycles. The molecule has 54 heavy (non-hydrogen) atoms. The first-order valence-corrected chi connectivity index (χ1v) is 19.0. The van der Waals surface area contributed by atoms with Crippen molar-refractivity contribution in [1.29, 1.82) is 0 Å². The van der Waals surface area contributed by atoms with Gasteiger partial charge < -0.3 is 4.57 Å². The molecule has 0 fully saturated rings. The Morgan fingerprint density at radius 1 is 0.426 bits per heavy atom. The Bertz CT molecular complexity index is 2720. The van der Waals surface area contributed by atoms with Crippen molar-refractivity contribution < 1.29 is 0 Å². The van der Waals surface area contributed by atoms with Crippen molar-refractivity contribution in [2.24, 2.45) is 0 Å². The van der Waals surface area contributed by atoms with Crippen molar-refractivity contribution >= 4 is 166 Å². The molecule has 6 aromatic carbocycles. The molecule has 8 rings (SSSR count). The van der Waals surface area contributed by atoms with Crippen molar-refractivity contribution in [3.05, 3.63) is 96.0 Å². The summed E-state index contributed by atoms with van der Waals surface area (Å²) in [6, 6.07) is 31.9. The summed E-state index contributed by atoms with van der Waals surface area (Å²) in [6.07, 6.45) is 0. The fraction of sp³-hybridized carbons (Fsp3) is 0. The number of halogens is 1. The standard InChI is InChI=1S/C39H35B10ClN4/c40-27-25(28(41)32(45)35(48)31(27)44)38-51-37(52-39(53-38)26-29(42)33(46)36(49)34(47)30(26)43)20-15-17(50)13-14-22(20)54-21-11-5-4-9-19(21)24-18(10-6-12-23(24)54)16-7-2-1-3-8-16/h1-15H,40-49H2. The van der Waals surface area contributed by atoms with Gasteiger partial charge in [-0.05, 0) is 41.5 Å². The van der Waals surface area contributed by atoms with Crippen LogP contribution in [-0.2, 0) is 0 Å². The molecule has 0 saturated heterocycles. The van der Waals surface area contributed by atoms with E-state index >= 15 is 0 Å². The molecular weight excluding hydrogens is 668 g/mol. The van der Waals surface area contributed by atoms with Gasteiger partial charge in [-0.2, -0.15) is 0 Å². The van der Waals surface area contributed by atoms with E-state index in [1.165, 1.54) is 76.5 Å². The van der Waals surface area contributed by atoms with Crippen molar-refractivity contribution in [2.75, 3.05) is 0 Å². The SMILES string of the molecule is Bc1c(B)c(B)c(-c2nc(-c3cc(Cl)ccc3-n3c4ccccc4c4c(-c5ccccc5)cccc43)nc(-c3c(B)c(B)c(B)c(B)c3B)n2)c(B)c1B. The second-order valence-electron chi connectivity index (χ2n) is 14.9. The average Bonchev–Trinajstić information content (AvgIpc) is 3.52. The van der Waals surface area contributed by atoms with Crippen molar-refractivity contribution in [1.82, 2.24) is 19.5 Å². The monoisotopic (exact) mass is 704 g/mol. The smallest absolute Gasteiger partial charge is 0.166 e. The zero-order valence-corrected chi connectivity index (χ0v) is 33.6. The van der Waals surface area contributed by atoms with Crippen LogP contribution < -0.4 is 54.6 Å². The number of fused-ring (bicyclic) bond motifs is 3. The summed E-state index contributed by atoms with van der Waals surface area (Å²) in [5.41, 5.74) is 20.9. The van der Waals surface area contributed by atoms with Gasteiger partial charge in [-0.1, -0.05) is 94.1 Å². The Morgan fingerprint density at radius 3 is 1.48 bits per heavy atom. The topological polar surface area (TPSA) is 43.6 Å². The van der Waals surface area contributed by atoms with Gasteiger partial charge in [0.15, 0.2) is 17.5 Å². The van der Waals surface area contributed by atoms with Crippen LogP contribution in [0.3, 0.4) is 0 Å². The molecule has 0 atom stereocenters. The highest BCUT2D eigenvalue weighted by Gasteiger charge is 2.24. The van der Waals surface area contributed by atoms with Crippen molar-refractivity contribution in [3.63, 3.8) is 0 Å². The molecule has 248 valence electrons. The van der Waals surface area contributed by atoms with E-state index in [4.69, 9.17) is 26.6 Å². The van der Waals surface area contributed by atoms with E-state index in [0.29, 0.717) is 22.5 Å². The fourth-order valence-electron chi connectivity index (χ4n) is 8.41. The zero-order valence-electron chi connectivity index (χ0n) is 32.8. The summed E-state index contributed by atoms with van der Waals surface area (Å²) < 4.78 is 2.35. The minimum atomic E-state index is 0.585. The van der Waals surface area contributed by atoms with Gasteiger partial charge in [0.25, 0.3) is 0 Å². The van der Waals surface area contributed by atoms with Crippen LogP contribution >= 0.6 is 11.6 Å². The van der Waals surface area contributed by atoms with E-state index in [1.54, 1.807) is 0 Å². The van der Waals surface area contributed by atoms with Crippen LogP contribution in [0.4, 0.5) is 0 Å². The van der Waals surface area contributed by atoms with E-state index in [0.717, 1.165) is 33.4 Å². The van der Waals surface area contributed by atoms with Crippen LogP contribution in [0.2, 0.25) is 5.02 Å². The number of hydrogen-bond acceptors (Lipinski definition) is 3. The van der Waals surface area contributed by atoms with E-state index in [2.05, 4.69) is 162 Å². The van der Waals surface area contributed by atoms with Gasteiger partial charge in [0.2, 0.25) is 0 Å². The zero-order chi connectivity index (χ0) is 38.2. The van der Waals surface area contributed by atoms with Crippen LogP contribution in [0.5, 0.6) is 0 Å². The molecule has 0 aliphatic heterocycles. The number of nitrogens with zero attached hydrogens (tertiary/aromatic N) is 4. The molecule has 0 aliphatic rings. The van der Waals surface area contributed by atoms with Crippen LogP contribution in [-0.4, -0.2) is 98.0 Å². The van der Waals surface area contributed by atoms with Crippen LogP contribution in [0.25, 0.3) is 72.8 Å². The fourth-order valence-corrected chi connectivity index (χ4v) is 8.58. The first kappa shape index (κ1) is 36.1. The van der Waals surface area contributed by atoms with Crippen LogP contribution in [0.1, 0.15) is 0 Å². The number of benzene rings is 6. The lowest BCUT2D eigenvalue weighted by atomic mass is 9.60. The van der Waals surface area contributed by atoms with Crippen LogP contribution in [0.15, 0.2) is 91.0 Å². The predicted molar refractivity (Wildman–Crippen MR) is 263 cm³/mol. The van der Waals surface area contributed by atoms with Gasteiger partial charge >= 0.3 is 0 Å². The van der Waals surface area contributed by atoms with Gasteiger partial charge in [0.05, 0.1) is 16.7 Å². The van der Waals surface area contributed by atoms with E-state index < -0.39 is 0 Å². The molecule has 15 heteroatoms. The third-order valence-electron chi connectivity index (χ3n) is 12.3. The van der Waals surface area contributed by atoms with E-state index in [-0.39, 0.29) is 0 Å². The van der Waals surface area contributed by atoms with Gasteiger partial charge in [0.1, 0.15) is 78.5 Å². The summed E-state index contributed by atoms with van der Waals surface area (Å²) in [7, 11) is 22.0. The molecule has 0 N–H and O–H groups in total. The summed E-state index contributed by atoms with van der Waals surface area (Å²) in [4.78, 5) is 16.2. The van der Waals surface area contributed by atoms with Gasteiger partial charge in [-0.25, -0.2) is 15.0 Å². The minimum Gasteiger partial charge on any atom is -0.308 e. The maximum Gasteiger partial charge on any atom is 0.166 e. The number of para-hydroxylation sites is 1. The highest BCUT2D eigenvalue weighted by Crippen LogP contribution is 2.40. The molecule has 8 aromatic rings. The lowest BCUT2D eigenvalue weighted by Gasteiger charge is -2.22. The third kappa shape index (κ3) is 5.64.